The number of nitrogens with one attached hydrogen (secondary N) is 2. The molecule has 0 heterocycles. The van der Waals surface area contributed by atoms with E-state index in [-0.39, 0.29) is 18.6 Å². The largest absolute Gasteiger partial charge is 0.468 e. The van der Waals surface area contributed by atoms with Gasteiger partial charge in [-0.25, -0.2) is 4.79 Å². The van der Waals surface area contributed by atoms with Crippen molar-refractivity contribution in [3.8, 4) is 0 Å². The summed E-state index contributed by atoms with van der Waals surface area (Å²) >= 11 is 0. The normalized spacial score (nSPS) is 11.5. The summed E-state index contributed by atoms with van der Waals surface area (Å²) < 4.78 is 9.78. The highest BCUT2D eigenvalue weighted by Gasteiger charge is 2.15. The van der Waals surface area contributed by atoms with Gasteiger partial charge in [0.25, 0.3) is 0 Å². The van der Waals surface area contributed by atoms with Gasteiger partial charge in [-0.1, -0.05) is 30.3 Å². The molecule has 1 unspecified atom stereocenters. The van der Waals surface area contributed by atoms with Crippen LogP contribution in [0.4, 0.5) is 4.79 Å². The first-order valence-corrected chi connectivity index (χ1v) is 7.37. The Morgan fingerprint density at radius 1 is 1.18 bits per heavy atom. The van der Waals surface area contributed by atoms with Gasteiger partial charge in [0.1, 0.15) is 12.6 Å². The Kier molecular flexibility index (Phi) is 8.67. The van der Waals surface area contributed by atoms with Gasteiger partial charge in [0, 0.05) is 6.54 Å². The van der Waals surface area contributed by atoms with Crippen molar-refractivity contribution < 1.29 is 19.1 Å². The molecule has 0 radical (unpaired) electrons. The second kappa shape index (κ2) is 10.6. The van der Waals surface area contributed by atoms with Crippen LogP contribution in [0.5, 0.6) is 0 Å². The van der Waals surface area contributed by atoms with Crippen LogP contribution in [-0.2, 0) is 20.9 Å². The first kappa shape index (κ1) is 18.0. The molecule has 0 bridgehead atoms. The van der Waals surface area contributed by atoms with E-state index in [0.717, 1.165) is 18.4 Å². The lowest BCUT2D eigenvalue weighted by molar-refractivity contribution is -0.143. The minimum absolute atomic E-state index is 0.261. The van der Waals surface area contributed by atoms with E-state index in [1.165, 1.54) is 7.11 Å². The van der Waals surface area contributed by atoms with Crippen molar-refractivity contribution in [1.29, 1.82) is 0 Å². The number of hydrogen-bond acceptors (Lipinski definition) is 5. The van der Waals surface area contributed by atoms with Gasteiger partial charge >= 0.3 is 12.1 Å². The van der Waals surface area contributed by atoms with Crippen LogP contribution in [0.15, 0.2) is 30.3 Å². The fraction of sp³-hybridized carbons (Fsp3) is 0.500. The predicted octanol–water partition coefficient (Wildman–Crippen LogP) is 1.84. The second-order valence-electron chi connectivity index (χ2n) is 4.85. The first-order valence-electron chi connectivity index (χ1n) is 7.37. The van der Waals surface area contributed by atoms with E-state index in [1.54, 1.807) is 7.05 Å². The van der Waals surface area contributed by atoms with Crippen molar-refractivity contribution >= 4 is 12.1 Å². The fourth-order valence-electron chi connectivity index (χ4n) is 1.96. The van der Waals surface area contributed by atoms with Crippen LogP contribution in [0.3, 0.4) is 0 Å². The zero-order chi connectivity index (χ0) is 16.2. The van der Waals surface area contributed by atoms with Crippen LogP contribution < -0.4 is 10.6 Å². The van der Waals surface area contributed by atoms with E-state index in [1.807, 2.05) is 30.3 Å². The van der Waals surface area contributed by atoms with Gasteiger partial charge in [-0.2, -0.15) is 0 Å². The summed E-state index contributed by atoms with van der Waals surface area (Å²) in [6.45, 7) is 0.780. The summed E-state index contributed by atoms with van der Waals surface area (Å²) in [7, 11) is 3.09. The average molecular weight is 308 g/mol. The molecule has 1 aromatic rings. The summed E-state index contributed by atoms with van der Waals surface area (Å²) in [6, 6.07) is 9.22. The van der Waals surface area contributed by atoms with Crippen LogP contribution in [0.1, 0.15) is 24.8 Å². The number of rotatable bonds is 9. The van der Waals surface area contributed by atoms with Gasteiger partial charge in [-0.3, -0.25) is 4.79 Å². The van der Waals surface area contributed by atoms with E-state index < -0.39 is 6.09 Å². The molecular formula is C16H24N2O4. The van der Waals surface area contributed by atoms with Crippen LogP contribution in [-0.4, -0.2) is 38.8 Å². The van der Waals surface area contributed by atoms with Crippen molar-refractivity contribution in [2.75, 3.05) is 20.7 Å². The van der Waals surface area contributed by atoms with Crippen LogP contribution in [0.25, 0.3) is 0 Å². The van der Waals surface area contributed by atoms with E-state index in [9.17, 15) is 9.59 Å². The molecule has 0 aliphatic carbocycles. The van der Waals surface area contributed by atoms with Crippen LogP contribution in [0.2, 0.25) is 0 Å². The Morgan fingerprint density at radius 3 is 2.55 bits per heavy atom. The minimum atomic E-state index is -0.429. The number of carbonyl (C=O) groups is 2. The number of likely N-dealkylation sites (N-methyl/N-ethyl adjacent to an activating group) is 1. The third-order valence-electron chi connectivity index (χ3n) is 3.24. The topological polar surface area (TPSA) is 76.7 Å². The maximum Gasteiger partial charge on any atom is 0.407 e. The van der Waals surface area contributed by atoms with E-state index >= 15 is 0 Å². The van der Waals surface area contributed by atoms with Crippen LogP contribution >= 0.6 is 0 Å². The number of amides is 1. The predicted molar refractivity (Wildman–Crippen MR) is 83.3 cm³/mol. The zero-order valence-corrected chi connectivity index (χ0v) is 13.1. The van der Waals surface area contributed by atoms with E-state index in [2.05, 4.69) is 15.4 Å². The number of hydrogen-bond donors (Lipinski definition) is 2. The highest BCUT2D eigenvalue weighted by atomic mass is 16.5. The average Bonchev–Trinajstić information content (AvgIpc) is 2.56. The van der Waals surface area contributed by atoms with Crippen molar-refractivity contribution in [1.82, 2.24) is 10.6 Å². The Labute approximate surface area is 131 Å². The Hall–Kier alpha value is -2.08. The quantitative estimate of drug-likeness (QED) is 0.538. The van der Waals surface area contributed by atoms with Gasteiger partial charge in [0.15, 0.2) is 0 Å². The summed E-state index contributed by atoms with van der Waals surface area (Å²) in [6.07, 6.45) is 1.82. The van der Waals surface area contributed by atoms with Crippen molar-refractivity contribution in [2.24, 2.45) is 0 Å². The fourth-order valence-corrected chi connectivity index (χ4v) is 1.96. The number of unbranched alkanes of at least 4 members (excludes halogenated alkanes) is 1. The molecule has 1 amide bonds. The smallest absolute Gasteiger partial charge is 0.407 e. The summed E-state index contributed by atoms with van der Waals surface area (Å²) in [4.78, 5) is 22.9. The molecule has 1 rings (SSSR count). The number of carbonyl (C=O) groups excluding carboxylic acids is 2. The number of benzene rings is 1. The molecule has 6 nitrogen and oxygen atoms in total. The Bertz CT molecular complexity index is 451. The maximum absolute atomic E-state index is 11.5. The number of methoxy groups -OCH3 is 1. The molecule has 122 valence electrons. The lowest BCUT2D eigenvalue weighted by Gasteiger charge is -2.13. The van der Waals surface area contributed by atoms with Gasteiger partial charge in [-0.05, 0) is 31.9 Å². The van der Waals surface area contributed by atoms with Gasteiger partial charge in [0.05, 0.1) is 7.11 Å². The highest BCUT2D eigenvalue weighted by Crippen LogP contribution is 2.03. The Morgan fingerprint density at radius 2 is 1.91 bits per heavy atom. The summed E-state index contributed by atoms with van der Waals surface area (Å²) in [5.41, 5.74) is 0.951. The molecule has 1 aromatic carbocycles. The SMILES string of the molecule is CNC(CCCCNC(=O)OCc1ccccc1)C(=O)OC. The van der Waals surface area contributed by atoms with Crippen molar-refractivity contribution in [2.45, 2.75) is 31.9 Å². The van der Waals surface area contributed by atoms with Gasteiger partial charge < -0.3 is 20.1 Å². The standard InChI is InChI=1S/C16H24N2O4/c1-17-14(15(19)21-2)10-6-7-11-18-16(20)22-12-13-8-4-3-5-9-13/h3-5,8-9,14,17H,6-7,10-12H2,1-2H3,(H,18,20). The molecule has 0 aliphatic rings. The third kappa shape index (κ3) is 7.08. The first-order chi connectivity index (χ1) is 10.7. The molecule has 0 spiro atoms. The number of esters is 1. The summed E-state index contributed by atoms with van der Waals surface area (Å²) in [5, 5.41) is 5.59. The number of ether oxygens (including phenoxy) is 2. The molecule has 0 aromatic heterocycles. The Balaban J connectivity index is 2.09. The third-order valence-corrected chi connectivity index (χ3v) is 3.24. The minimum Gasteiger partial charge on any atom is -0.468 e. The van der Waals surface area contributed by atoms with E-state index in [0.29, 0.717) is 13.0 Å². The molecule has 0 saturated heterocycles. The zero-order valence-electron chi connectivity index (χ0n) is 13.1. The molecule has 22 heavy (non-hydrogen) atoms. The van der Waals surface area contributed by atoms with Crippen LogP contribution in [0, 0.1) is 0 Å². The van der Waals surface area contributed by atoms with Crippen molar-refractivity contribution in [3.05, 3.63) is 35.9 Å². The monoisotopic (exact) mass is 308 g/mol. The molecule has 0 aliphatic heterocycles. The second-order valence-corrected chi connectivity index (χ2v) is 4.85. The molecule has 0 fully saturated rings. The summed E-state index contributed by atoms with van der Waals surface area (Å²) in [5.74, 6) is -0.266. The highest BCUT2D eigenvalue weighted by molar-refractivity contribution is 5.75. The lowest BCUT2D eigenvalue weighted by Crippen LogP contribution is -2.35. The van der Waals surface area contributed by atoms with Gasteiger partial charge in [-0.15, -0.1) is 0 Å². The van der Waals surface area contributed by atoms with Crippen molar-refractivity contribution in [3.63, 3.8) is 0 Å². The molecular weight excluding hydrogens is 284 g/mol. The molecule has 2 N–H and O–H groups in total. The van der Waals surface area contributed by atoms with Gasteiger partial charge in [0.2, 0.25) is 0 Å². The maximum atomic E-state index is 11.5. The molecule has 1 atom stereocenters. The molecule has 6 heteroatoms. The van der Waals surface area contributed by atoms with E-state index in [4.69, 9.17) is 4.74 Å². The lowest BCUT2D eigenvalue weighted by atomic mass is 10.1. The number of alkyl carbamates (subject to hydrolysis) is 1. The molecule has 0 saturated carbocycles.